The molecule has 1 unspecified atom stereocenters. The molecule has 1 atom stereocenters. The van der Waals surface area contributed by atoms with E-state index in [1.165, 1.54) is 6.42 Å². The number of hydrogen-bond donors (Lipinski definition) is 1. The number of carbonyl (C=O) groups excluding carboxylic acids is 1. The third kappa shape index (κ3) is 5.03. The lowest BCUT2D eigenvalue weighted by Gasteiger charge is -2.15. The molecule has 0 saturated carbocycles. The Kier molecular flexibility index (Phi) is 7.19. The van der Waals surface area contributed by atoms with Gasteiger partial charge in [0.2, 0.25) is 0 Å². The van der Waals surface area contributed by atoms with Gasteiger partial charge in [-0.15, -0.1) is 0 Å². The molecule has 0 spiro atoms. The number of aliphatic hydroxyl groups excluding tert-OH is 1. The van der Waals surface area contributed by atoms with Crippen LogP contribution in [0.25, 0.3) is 0 Å². The first-order valence-corrected chi connectivity index (χ1v) is 7.08. The molecule has 0 saturated heterocycles. The minimum absolute atomic E-state index is 0.141. The molecule has 3 heteroatoms. The second kappa shape index (κ2) is 8.70. The van der Waals surface area contributed by atoms with Crippen LogP contribution in [0.3, 0.4) is 0 Å². The average molecular weight is 264 g/mol. The van der Waals surface area contributed by atoms with Gasteiger partial charge in [-0.1, -0.05) is 51.3 Å². The van der Waals surface area contributed by atoms with Crippen molar-refractivity contribution in [2.24, 2.45) is 5.92 Å². The molecule has 1 aromatic carbocycles. The van der Waals surface area contributed by atoms with Gasteiger partial charge in [0.25, 0.3) is 0 Å². The molecule has 19 heavy (non-hydrogen) atoms. The van der Waals surface area contributed by atoms with E-state index in [0.717, 1.165) is 19.3 Å². The maximum absolute atomic E-state index is 12.0. The molecule has 0 aliphatic carbocycles. The van der Waals surface area contributed by atoms with Crippen molar-refractivity contribution < 1.29 is 14.6 Å². The summed E-state index contributed by atoms with van der Waals surface area (Å²) in [4.78, 5) is 12.0. The van der Waals surface area contributed by atoms with Crippen LogP contribution >= 0.6 is 0 Å². The minimum Gasteiger partial charge on any atom is -0.462 e. The Morgan fingerprint density at radius 2 is 2.05 bits per heavy atom. The summed E-state index contributed by atoms with van der Waals surface area (Å²) in [5, 5.41) is 9.20. The largest absolute Gasteiger partial charge is 0.462 e. The molecular formula is C16H24O3. The summed E-state index contributed by atoms with van der Waals surface area (Å²) < 4.78 is 5.37. The highest BCUT2D eigenvalue weighted by Gasteiger charge is 2.14. The molecule has 1 rings (SSSR count). The Labute approximate surface area is 115 Å². The second-order valence-electron chi connectivity index (χ2n) is 4.83. The summed E-state index contributed by atoms with van der Waals surface area (Å²) in [6, 6.07) is 7.02. The average Bonchev–Trinajstić information content (AvgIpc) is 2.47. The summed E-state index contributed by atoms with van der Waals surface area (Å²) in [5.74, 6) is 0.102. The maximum Gasteiger partial charge on any atom is 0.338 e. The number of carbonyl (C=O) groups is 1. The van der Waals surface area contributed by atoms with E-state index < -0.39 is 0 Å². The fourth-order valence-electron chi connectivity index (χ4n) is 2.03. The first-order chi connectivity index (χ1) is 9.22. The van der Waals surface area contributed by atoms with Gasteiger partial charge >= 0.3 is 5.97 Å². The highest BCUT2D eigenvalue weighted by molar-refractivity contribution is 5.91. The summed E-state index contributed by atoms with van der Waals surface area (Å²) >= 11 is 0. The van der Waals surface area contributed by atoms with Crippen LogP contribution in [-0.2, 0) is 11.3 Å². The molecule has 0 radical (unpaired) electrons. The Bertz CT molecular complexity index is 387. The molecule has 1 N–H and O–H groups in total. The third-order valence-corrected chi connectivity index (χ3v) is 3.40. The van der Waals surface area contributed by atoms with E-state index in [2.05, 4.69) is 13.8 Å². The van der Waals surface area contributed by atoms with E-state index in [0.29, 0.717) is 23.7 Å². The number of ether oxygens (including phenoxy) is 1. The Morgan fingerprint density at radius 3 is 2.68 bits per heavy atom. The lowest BCUT2D eigenvalue weighted by Crippen LogP contribution is -2.15. The van der Waals surface area contributed by atoms with E-state index >= 15 is 0 Å². The van der Waals surface area contributed by atoms with Crippen LogP contribution < -0.4 is 0 Å². The van der Waals surface area contributed by atoms with Crippen LogP contribution in [0.5, 0.6) is 0 Å². The van der Waals surface area contributed by atoms with Gasteiger partial charge in [-0.25, -0.2) is 4.79 Å². The minimum atomic E-state index is -0.334. The van der Waals surface area contributed by atoms with E-state index in [4.69, 9.17) is 4.74 Å². The van der Waals surface area contributed by atoms with Crippen molar-refractivity contribution in [1.82, 2.24) is 0 Å². The standard InChI is InChI=1S/C16H24O3/c1-3-5-8-13(4-2)12-19-16(18)15-10-7-6-9-14(15)11-17/h6-7,9-10,13,17H,3-5,8,11-12H2,1-2H3. The van der Waals surface area contributed by atoms with Gasteiger partial charge in [0, 0.05) is 0 Å². The van der Waals surface area contributed by atoms with Crippen molar-refractivity contribution in [3.05, 3.63) is 35.4 Å². The second-order valence-corrected chi connectivity index (χ2v) is 4.83. The first-order valence-electron chi connectivity index (χ1n) is 7.08. The topological polar surface area (TPSA) is 46.5 Å². The monoisotopic (exact) mass is 264 g/mol. The lowest BCUT2D eigenvalue weighted by molar-refractivity contribution is 0.0425. The summed E-state index contributed by atoms with van der Waals surface area (Å²) in [7, 11) is 0. The van der Waals surface area contributed by atoms with Gasteiger partial charge < -0.3 is 9.84 Å². The maximum atomic E-state index is 12.0. The number of unbranched alkanes of at least 4 members (excludes halogenated alkanes) is 1. The molecule has 0 fully saturated rings. The molecule has 0 aliphatic heterocycles. The molecule has 0 aliphatic rings. The van der Waals surface area contributed by atoms with Crippen molar-refractivity contribution in [3.63, 3.8) is 0 Å². The van der Waals surface area contributed by atoms with Crippen LogP contribution in [0.2, 0.25) is 0 Å². The SMILES string of the molecule is CCCCC(CC)COC(=O)c1ccccc1CO. The van der Waals surface area contributed by atoms with Gasteiger partial charge in [-0.2, -0.15) is 0 Å². The van der Waals surface area contributed by atoms with Gasteiger partial charge in [0.05, 0.1) is 18.8 Å². The summed E-state index contributed by atoms with van der Waals surface area (Å²) in [6.45, 7) is 4.61. The molecule has 1 aromatic rings. The molecule has 106 valence electrons. The van der Waals surface area contributed by atoms with Crippen LogP contribution in [0.4, 0.5) is 0 Å². The Balaban J connectivity index is 2.54. The summed E-state index contributed by atoms with van der Waals surface area (Å²) in [6.07, 6.45) is 4.46. The third-order valence-electron chi connectivity index (χ3n) is 3.40. The lowest BCUT2D eigenvalue weighted by atomic mass is 10.0. The van der Waals surface area contributed by atoms with Crippen LogP contribution in [0, 0.1) is 5.92 Å². The van der Waals surface area contributed by atoms with Crippen molar-refractivity contribution in [1.29, 1.82) is 0 Å². The molecule has 0 bridgehead atoms. The first kappa shape index (κ1) is 15.7. The zero-order chi connectivity index (χ0) is 14.1. The normalized spacial score (nSPS) is 12.2. The van der Waals surface area contributed by atoms with Crippen molar-refractivity contribution in [3.8, 4) is 0 Å². The molecule has 3 nitrogen and oxygen atoms in total. The Morgan fingerprint density at radius 1 is 1.32 bits per heavy atom. The molecule has 0 aromatic heterocycles. The fraction of sp³-hybridized carbons (Fsp3) is 0.562. The fourth-order valence-corrected chi connectivity index (χ4v) is 2.03. The van der Waals surface area contributed by atoms with Crippen molar-refractivity contribution in [2.75, 3.05) is 6.61 Å². The van der Waals surface area contributed by atoms with Crippen molar-refractivity contribution in [2.45, 2.75) is 46.1 Å². The molecule has 0 heterocycles. The number of hydrogen-bond acceptors (Lipinski definition) is 3. The van der Waals surface area contributed by atoms with E-state index in [1.54, 1.807) is 24.3 Å². The molecule has 0 amide bonds. The zero-order valence-corrected chi connectivity index (χ0v) is 11.9. The highest BCUT2D eigenvalue weighted by Crippen LogP contribution is 2.15. The van der Waals surface area contributed by atoms with Crippen LogP contribution in [0.1, 0.15) is 55.5 Å². The van der Waals surface area contributed by atoms with Gasteiger partial charge in [-0.05, 0) is 24.0 Å². The van der Waals surface area contributed by atoms with Crippen LogP contribution in [-0.4, -0.2) is 17.7 Å². The van der Waals surface area contributed by atoms with Gasteiger partial charge in [-0.3, -0.25) is 0 Å². The van der Waals surface area contributed by atoms with Crippen LogP contribution in [0.15, 0.2) is 24.3 Å². The van der Waals surface area contributed by atoms with Crippen molar-refractivity contribution >= 4 is 5.97 Å². The quantitative estimate of drug-likeness (QED) is 0.730. The number of benzene rings is 1. The van der Waals surface area contributed by atoms with Gasteiger partial charge in [0.1, 0.15) is 0 Å². The predicted molar refractivity (Wildman–Crippen MR) is 76.0 cm³/mol. The van der Waals surface area contributed by atoms with E-state index in [1.807, 2.05) is 0 Å². The number of aliphatic hydroxyl groups is 1. The smallest absolute Gasteiger partial charge is 0.338 e. The zero-order valence-electron chi connectivity index (χ0n) is 11.9. The summed E-state index contributed by atoms with van der Waals surface area (Å²) in [5.41, 5.74) is 1.09. The van der Waals surface area contributed by atoms with E-state index in [9.17, 15) is 9.90 Å². The van der Waals surface area contributed by atoms with Gasteiger partial charge in [0.15, 0.2) is 0 Å². The number of rotatable bonds is 8. The number of esters is 1. The van der Waals surface area contributed by atoms with E-state index in [-0.39, 0.29) is 12.6 Å². The highest BCUT2D eigenvalue weighted by atomic mass is 16.5. The predicted octanol–water partition coefficient (Wildman–Crippen LogP) is 3.55. The molecular weight excluding hydrogens is 240 g/mol. The Hall–Kier alpha value is -1.35.